The number of aromatic carboxylic acids is 1. The second kappa shape index (κ2) is 13.1. The van der Waals surface area contributed by atoms with Crippen molar-refractivity contribution in [2.45, 2.75) is 25.1 Å². The number of primary amides is 1. The molecule has 14 heteroatoms. The highest BCUT2D eigenvalue weighted by molar-refractivity contribution is 6.27. The van der Waals surface area contributed by atoms with E-state index >= 15 is 0 Å². The molecule has 7 N–H and O–H groups in total. The maximum Gasteiger partial charge on any atom is 0.490 e. The van der Waals surface area contributed by atoms with E-state index in [2.05, 4.69) is 10.3 Å². The first-order valence-corrected chi connectivity index (χ1v) is 8.92. The smallest absolute Gasteiger partial charge is 0.478 e. The maximum atomic E-state index is 12.2. The van der Waals surface area contributed by atoms with Gasteiger partial charge >= 0.3 is 18.1 Å². The van der Waals surface area contributed by atoms with E-state index in [9.17, 15) is 27.6 Å². The molecule has 0 spiro atoms. The number of aliphatic imine (C=N–C) groups is 1. The number of alkyl halides is 4. The van der Waals surface area contributed by atoms with Crippen molar-refractivity contribution in [1.82, 2.24) is 5.32 Å². The van der Waals surface area contributed by atoms with Gasteiger partial charge in [-0.3, -0.25) is 14.6 Å². The van der Waals surface area contributed by atoms with Crippen molar-refractivity contribution in [3.8, 4) is 0 Å². The van der Waals surface area contributed by atoms with E-state index in [4.69, 9.17) is 38.1 Å². The molecule has 1 rings (SSSR count). The summed E-state index contributed by atoms with van der Waals surface area (Å²) in [6, 6.07) is 4.77. The van der Waals surface area contributed by atoms with E-state index in [1.54, 1.807) is 0 Å². The molecule has 1 atom stereocenters. The van der Waals surface area contributed by atoms with Crippen LogP contribution in [0.2, 0.25) is 0 Å². The monoisotopic (exact) mass is 468 g/mol. The fourth-order valence-electron chi connectivity index (χ4n) is 1.95. The van der Waals surface area contributed by atoms with Gasteiger partial charge in [-0.2, -0.15) is 13.2 Å². The number of nitrogens with two attached hydrogens (primary N) is 2. The topological polar surface area (TPSA) is 185 Å². The Kier molecular flexibility index (Phi) is 11.6. The number of nitrogens with zero attached hydrogens (tertiary/aromatic N) is 1. The lowest BCUT2D eigenvalue weighted by atomic mass is 10.1. The fourth-order valence-corrected chi connectivity index (χ4v) is 2.03. The van der Waals surface area contributed by atoms with Gasteiger partial charge in [0.05, 0.1) is 17.0 Å². The molecule has 0 saturated heterocycles. The van der Waals surface area contributed by atoms with Crippen LogP contribution in [-0.2, 0) is 9.59 Å². The molecule has 0 fully saturated rings. The number of benzene rings is 1. The van der Waals surface area contributed by atoms with Gasteiger partial charge in [-0.15, -0.1) is 11.6 Å². The number of amides is 2. The Labute approximate surface area is 179 Å². The molecule has 0 saturated carbocycles. The normalized spacial score (nSPS) is 12.2. The van der Waals surface area contributed by atoms with Crippen LogP contribution >= 0.6 is 11.6 Å². The zero-order valence-corrected chi connectivity index (χ0v) is 16.6. The summed E-state index contributed by atoms with van der Waals surface area (Å²) in [5, 5.41) is 18.7. The molecule has 1 aromatic carbocycles. The van der Waals surface area contributed by atoms with Crippen molar-refractivity contribution < 1.29 is 42.6 Å². The molecule has 0 heterocycles. The summed E-state index contributed by atoms with van der Waals surface area (Å²) in [6.07, 6.45) is -4.39. The van der Waals surface area contributed by atoms with Crippen LogP contribution in [0, 0.1) is 0 Å². The van der Waals surface area contributed by atoms with Gasteiger partial charge in [0, 0.05) is 6.54 Å². The number of halogens is 4. The number of rotatable bonds is 9. The van der Waals surface area contributed by atoms with Crippen molar-refractivity contribution in [3.05, 3.63) is 35.4 Å². The Morgan fingerprint density at radius 2 is 1.61 bits per heavy atom. The molecule has 0 aliphatic heterocycles. The average Bonchev–Trinajstić information content (AvgIpc) is 2.69. The molecule has 0 bridgehead atoms. The van der Waals surface area contributed by atoms with Crippen LogP contribution < -0.4 is 16.8 Å². The number of carboxylic acids is 2. The van der Waals surface area contributed by atoms with Gasteiger partial charge in [0.1, 0.15) is 11.9 Å². The second-order valence-electron chi connectivity index (χ2n) is 5.73. The number of carbonyl (C=O) groups is 4. The number of aliphatic carboxylic acids is 1. The third-order valence-corrected chi connectivity index (χ3v) is 3.67. The molecule has 1 unspecified atom stereocenters. The lowest BCUT2D eigenvalue weighted by Crippen LogP contribution is -2.44. The van der Waals surface area contributed by atoms with Crippen LogP contribution in [0.3, 0.4) is 0 Å². The predicted octanol–water partition coefficient (Wildman–Crippen LogP) is 0.978. The first-order valence-electron chi connectivity index (χ1n) is 8.38. The molecule has 0 radical (unpaired) electrons. The van der Waals surface area contributed by atoms with Gasteiger partial charge < -0.3 is 27.0 Å². The minimum absolute atomic E-state index is 0.0411. The summed E-state index contributed by atoms with van der Waals surface area (Å²) < 4.78 is 31.7. The molecule has 1 aromatic rings. The quantitative estimate of drug-likeness (QED) is 0.155. The highest BCUT2D eigenvalue weighted by Gasteiger charge is 2.38. The second-order valence-corrected chi connectivity index (χ2v) is 6.00. The van der Waals surface area contributed by atoms with Gasteiger partial charge in [0.2, 0.25) is 5.91 Å². The molecule has 31 heavy (non-hydrogen) atoms. The van der Waals surface area contributed by atoms with Gasteiger partial charge in [-0.25, -0.2) is 9.59 Å². The zero-order chi connectivity index (χ0) is 24.2. The van der Waals surface area contributed by atoms with Crippen LogP contribution in [0.15, 0.2) is 29.3 Å². The number of carboxylic acid groups (broad SMARTS) is 2. The van der Waals surface area contributed by atoms with Crippen LogP contribution in [0.5, 0.6) is 0 Å². The van der Waals surface area contributed by atoms with Crippen LogP contribution in [0.1, 0.15) is 33.6 Å². The molecule has 10 nitrogen and oxygen atoms in total. The summed E-state index contributed by atoms with van der Waals surface area (Å²) in [6.45, 7) is 0.337. The minimum atomic E-state index is -5.08. The highest BCUT2D eigenvalue weighted by atomic mass is 35.5. The van der Waals surface area contributed by atoms with Gasteiger partial charge in [0.15, 0.2) is 0 Å². The van der Waals surface area contributed by atoms with Crippen molar-refractivity contribution in [2.24, 2.45) is 16.5 Å². The summed E-state index contributed by atoms with van der Waals surface area (Å²) in [4.78, 5) is 47.7. The molecule has 0 aromatic heterocycles. The number of hydrogen-bond acceptors (Lipinski definition) is 5. The van der Waals surface area contributed by atoms with E-state index < -0.39 is 36.0 Å². The van der Waals surface area contributed by atoms with E-state index in [1.165, 1.54) is 24.3 Å². The lowest BCUT2D eigenvalue weighted by Gasteiger charge is -2.15. The van der Waals surface area contributed by atoms with E-state index in [0.29, 0.717) is 13.0 Å². The van der Waals surface area contributed by atoms with Crippen molar-refractivity contribution >= 4 is 41.2 Å². The standard InChI is InChI=1S/C15H19ClN4O4.C2HF3O2/c16-8-12(17)19-7-3-6-11(13(18)21)20-14(22)9-4-1-2-5-10(9)15(23)24;3-2(4,5)1(6)7/h1-2,4-5,11H,3,6-8H2,(H2,17,19)(H2,18,21)(H,20,22)(H,23,24);(H,6,7). The third-order valence-electron chi connectivity index (χ3n) is 3.40. The Hall–Kier alpha value is -3.35. The summed E-state index contributed by atoms with van der Waals surface area (Å²) in [5.41, 5.74) is 10.5. The van der Waals surface area contributed by atoms with E-state index in [1.807, 2.05) is 0 Å². The minimum Gasteiger partial charge on any atom is -0.478 e. The maximum absolute atomic E-state index is 12.2. The van der Waals surface area contributed by atoms with E-state index in [-0.39, 0.29) is 29.3 Å². The summed E-state index contributed by atoms with van der Waals surface area (Å²) >= 11 is 5.49. The molecule has 172 valence electrons. The molecule has 0 aliphatic rings. The Morgan fingerprint density at radius 1 is 1.10 bits per heavy atom. The first-order chi connectivity index (χ1) is 14.3. The van der Waals surface area contributed by atoms with E-state index in [0.717, 1.165) is 0 Å². The summed E-state index contributed by atoms with van der Waals surface area (Å²) in [5.74, 6) is -4.99. The number of carbonyl (C=O) groups excluding carboxylic acids is 2. The van der Waals surface area contributed by atoms with Crippen molar-refractivity contribution in [1.29, 1.82) is 0 Å². The number of nitrogens with one attached hydrogen (secondary N) is 1. The van der Waals surface area contributed by atoms with Gasteiger partial charge in [-0.1, -0.05) is 12.1 Å². The number of hydrogen-bond donors (Lipinski definition) is 5. The summed E-state index contributed by atoms with van der Waals surface area (Å²) in [7, 11) is 0. The van der Waals surface area contributed by atoms with Crippen LogP contribution in [0.4, 0.5) is 13.2 Å². The lowest BCUT2D eigenvalue weighted by molar-refractivity contribution is -0.192. The average molecular weight is 469 g/mol. The Morgan fingerprint density at radius 3 is 2.03 bits per heavy atom. The predicted molar refractivity (Wildman–Crippen MR) is 104 cm³/mol. The molecular weight excluding hydrogens is 449 g/mol. The van der Waals surface area contributed by atoms with Crippen LogP contribution in [0.25, 0.3) is 0 Å². The number of amidine groups is 1. The van der Waals surface area contributed by atoms with Crippen LogP contribution in [-0.4, -0.2) is 64.4 Å². The fraction of sp³-hybridized carbons (Fsp3) is 0.353. The largest absolute Gasteiger partial charge is 0.490 e. The van der Waals surface area contributed by atoms with Gasteiger partial charge in [0.25, 0.3) is 5.91 Å². The SMILES string of the molecule is NC(=O)C(CCCN=C(N)CCl)NC(=O)c1ccccc1C(=O)O.O=C(O)C(F)(F)F. The first kappa shape index (κ1) is 27.6. The zero-order valence-electron chi connectivity index (χ0n) is 15.9. The van der Waals surface area contributed by atoms with Crippen molar-refractivity contribution in [2.75, 3.05) is 12.4 Å². The molecule has 2 amide bonds. The van der Waals surface area contributed by atoms with Crippen molar-refractivity contribution in [3.63, 3.8) is 0 Å². The highest BCUT2D eigenvalue weighted by Crippen LogP contribution is 2.13. The molecular formula is C17H20ClF3N4O6. The van der Waals surface area contributed by atoms with Gasteiger partial charge in [-0.05, 0) is 25.0 Å². The Bertz CT molecular complexity index is 832. The Balaban J connectivity index is 0.00000110. The third kappa shape index (κ3) is 10.8. The molecule has 0 aliphatic carbocycles.